The number of carbonyl (C=O) groups is 2. The van der Waals surface area contributed by atoms with Crippen LogP contribution in [-0.2, 0) is 16.0 Å². The van der Waals surface area contributed by atoms with Crippen LogP contribution >= 0.6 is 11.6 Å². The van der Waals surface area contributed by atoms with Crippen molar-refractivity contribution in [3.05, 3.63) is 64.3 Å². The molecule has 1 heterocycles. The van der Waals surface area contributed by atoms with Gasteiger partial charge in [-0.1, -0.05) is 17.7 Å². The second-order valence-corrected chi connectivity index (χ2v) is 6.33. The van der Waals surface area contributed by atoms with Crippen molar-refractivity contribution in [2.45, 2.75) is 20.3 Å². The summed E-state index contributed by atoms with van der Waals surface area (Å²) < 4.78 is 6.57. The maximum atomic E-state index is 13.1. The molecule has 2 aromatic carbocycles. The molecule has 0 aliphatic rings. The zero-order chi connectivity index (χ0) is 18.8. The number of phenols is 1. The topological polar surface area (TPSA) is 68.5 Å². The minimum atomic E-state index is -0.381. The highest BCUT2D eigenvalue weighted by atomic mass is 35.5. The minimum Gasteiger partial charge on any atom is -0.508 e. The maximum absolute atomic E-state index is 13.1. The van der Waals surface area contributed by atoms with E-state index < -0.39 is 0 Å². The molecule has 0 amide bonds. The van der Waals surface area contributed by atoms with Crippen LogP contribution in [0.1, 0.15) is 28.5 Å². The first-order chi connectivity index (χ1) is 12.4. The van der Waals surface area contributed by atoms with Crippen LogP contribution in [0.15, 0.2) is 42.5 Å². The average molecular weight is 372 g/mol. The molecule has 0 spiro atoms. The number of rotatable bonds is 4. The summed E-state index contributed by atoms with van der Waals surface area (Å²) in [4.78, 5) is 25.1. The molecule has 1 N–H and O–H groups in total. The highest BCUT2D eigenvalue weighted by molar-refractivity contribution is 6.31. The molecule has 0 aliphatic carbocycles. The van der Waals surface area contributed by atoms with Crippen LogP contribution in [0.5, 0.6) is 5.75 Å². The second kappa shape index (κ2) is 7.22. The molecule has 5 nitrogen and oxygen atoms in total. The van der Waals surface area contributed by atoms with Gasteiger partial charge in [0.05, 0.1) is 18.5 Å². The first-order valence-corrected chi connectivity index (χ1v) is 8.59. The Balaban J connectivity index is 2.18. The van der Waals surface area contributed by atoms with Crippen molar-refractivity contribution in [1.82, 2.24) is 4.57 Å². The first kappa shape index (κ1) is 18.0. The Morgan fingerprint density at radius 3 is 2.65 bits per heavy atom. The average Bonchev–Trinajstić information content (AvgIpc) is 2.86. The van der Waals surface area contributed by atoms with Crippen LogP contribution in [-0.4, -0.2) is 28.2 Å². The molecule has 0 radical (unpaired) electrons. The van der Waals surface area contributed by atoms with E-state index in [1.165, 1.54) is 10.6 Å². The van der Waals surface area contributed by atoms with E-state index in [0.717, 1.165) is 0 Å². The smallest absolute Gasteiger partial charge is 0.310 e. The van der Waals surface area contributed by atoms with Crippen molar-refractivity contribution >= 4 is 34.4 Å². The van der Waals surface area contributed by atoms with E-state index in [0.29, 0.717) is 32.7 Å². The predicted molar refractivity (Wildman–Crippen MR) is 99.9 cm³/mol. The van der Waals surface area contributed by atoms with E-state index in [4.69, 9.17) is 16.3 Å². The molecule has 6 heteroatoms. The van der Waals surface area contributed by atoms with Gasteiger partial charge >= 0.3 is 5.97 Å². The lowest BCUT2D eigenvalue weighted by molar-refractivity contribution is -0.142. The van der Waals surface area contributed by atoms with Crippen molar-refractivity contribution in [3.63, 3.8) is 0 Å². The summed E-state index contributed by atoms with van der Waals surface area (Å²) in [7, 11) is 0. The fourth-order valence-corrected chi connectivity index (χ4v) is 3.25. The Bertz CT molecular complexity index is 1010. The number of hydrogen-bond acceptors (Lipinski definition) is 4. The number of fused-ring (bicyclic) bond motifs is 1. The van der Waals surface area contributed by atoms with Crippen LogP contribution in [0, 0.1) is 6.92 Å². The standard InChI is InChI=1S/C20H18ClNO4/c1-3-26-19(24)11-16-12(2)22(18-8-7-15(23)10-17(16)18)20(25)13-5-4-6-14(21)9-13/h4-10,23H,3,11H2,1-2H3. The minimum absolute atomic E-state index is 0.0233. The van der Waals surface area contributed by atoms with Gasteiger partial charge in [0.1, 0.15) is 5.75 Å². The number of esters is 1. The van der Waals surface area contributed by atoms with Crippen LogP contribution in [0.4, 0.5) is 0 Å². The van der Waals surface area contributed by atoms with Gasteiger partial charge < -0.3 is 9.84 Å². The van der Waals surface area contributed by atoms with Crippen LogP contribution in [0.3, 0.4) is 0 Å². The van der Waals surface area contributed by atoms with Gasteiger partial charge in [-0.15, -0.1) is 0 Å². The molecule has 134 valence electrons. The Morgan fingerprint density at radius 1 is 1.19 bits per heavy atom. The molecule has 0 unspecified atom stereocenters. The van der Waals surface area contributed by atoms with E-state index in [2.05, 4.69) is 0 Å². The van der Waals surface area contributed by atoms with Gasteiger partial charge in [-0.05, 0) is 55.8 Å². The molecule has 3 aromatic rings. The van der Waals surface area contributed by atoms with Crippen molar-refractivity contribution in [3.8, 4) is 5.75 Å². The lowest BCUT2D eigenvalue weighted by atomic mass is 10.1. The number of aromatic nitrogens is 1. The third kappa shape index (κ3) is 3.30. The summed E-state index contributed by atoms with van der Waals surface area (Å²) in [5, 5.41) is 11.0. The summed E-state index contributed by atoms with van der Waals surface area (Å²) in [6, 6.07) is 11.4. The zero-order valence-electron chi connectivity index (χ0n) is 14.5. The zero-order valence-corrected chi connectivity index (χ0v) is 15.2. The Morgan fingerprint density at radius 2 is 1.96 bits per heavy atom. The highest BCUT2D eigenvalue weighted by Gasteiger charge is 2.22. The van der Waals surface area contributed by atoms with Crippen LogP contribution in [0.2, 0.25) is 5.02 Å². The van der Waals surface area contributed by atoms with Gasteiger partial charge in [-0.2, -0.15) is 0 Å². The number of ether oxygens (including phenoxy) is 1. The van der Waals surface area contributed by atoms with E-state index in [1.54, 1.807) is 50.2 Å². The Hall–Kier alpha value is -2.79. The largest absolute Gasteiger partial charge is 0.508 e. The van der Waals surface area contributed by atoms with Gasteiger partial charge in [-0.25, -0.2) is 0 Å². The number of hydrogen-bond donors (Lipinski definition) is 1. The summed E-state index contributed by atoms with van der Waals surface area (Å²) in [6.07, 6.45) is 0.0233. The number of nitrogens with zero attached hydrogens (tertiary/aromatic N) is 1. The fourth-order valence-electron chi connectivity index (χ4n) is 3.06. The third-order valence-corrected chi connectivity index (χ3v) is 4.45. The lowest BCUT2D eigenvalue weighted by Crippen LogP contribution is -2.14. The lowest BCUT2D eigenvalue weighted by Gasteiger charge is -2.08. The number of benzene rings is 2. The van der Waals surface area contributed by atoms with Gasteiger partial charge in [0, 0.05) is 21.7 Å². The normalized spacial score (nSPS) is 10.9. The van der Waals surface area contributed by atoms with Crippen molar-refractivity contribution < 1.29 is 19.4 Å². The van der Waals surface area contributed by atoms with Crippen molar-refractivity contribution in [2.24, 2.45) is 0 Å². The summed E-state index contributed by atoms with van der Waals surface area (Å²) in [6.45, 7) is 3.79. The molecule has 0 saturated carbocycles. The molecule has 0 atom stereocenters. The Labute approximate surface area is 155 Å². The molecule has 0 bridgehead atoms. The van der Waals surface area contributed by atoms with Crippen LogP contribution < -0.4 is 0 Å². The van der Waals surface area contributed by atoms with Crippen LogP contribution in [0.25, 0.3) is 10.9 Å². The SMILES string of the molecule is CCOC(=O)Cc1c(C)n(C(=O)c2cccc(Cl)c2)c2ccc(O)cc12. The number of aromatic hydroxyl groups is 1. The third-order valence-electron chi connectivity index (χ3n) is 4.22. The second-order valence-electron chi connectivity index (χ2n) is 5.90. The van der Waals surface area contributed by atoms with Gasteiger partial charge in [0.2, 0.25) is 0 Å². The molecule has 0 aliphatic heterocycles. The molecule has 0 saturated heterocycles. The summed E-state index contributed by atoms with van der Waals surface area (Å²) >= 11 is 6.01. The van der Waals surface area contributed by atoms with Crippen molar-refractivity contribution in [2.75, 3.05) is 6.61 Å². The molecule has 3 rings (SSSR count). The monoisotopic (exact) mass is 371 g/mol. The molecular weight excluding hydrogens is 354 g/mol. The maximum Gasteiger partial charge on any atom is 0.310 e. The van der Waals surface area contributed by atoms with E-state index in [-0.39, 0.29) is 30.7 Å². The van der Waals surface area contributed by atoms with Crippen molar-refractivity contribution in [1.29, 1.82) is 0 Å². The highest BCUT2D eigenvalue weighted by Crippen LogP contribution is 2.30. The van der Waals surface area contributed by atoms with E-state index >= 15 is 0 Å². The molecular formula is C20H18ClNO4. The fraction of sp³-hybridized carbons (Fsp3) is 0.200. The quantitative estimate of drug-likeness (QED) is 0.701. The van der Waals surface area contributed by atoms with Gasteiger partial charge in [0.15, 0.2) is 0 Å². The first-order valence-electron chi connectivity index (χ1n) is 8.21. The summed E-state index contributed by atoms with van der Waals surface area (Å²) in [5.41, 5.74) is 2.34. The van der Waals surface area contributed by atoms with E-state index in [1.807, 2.05) is 0 Å². The molecule has 1 aromatic heterocycles. The Kier molecular flexibility index (Phi) is 5.00. The number of phenolic OH excluding ortho intramolecular Hbond substituents is 1. The number of halogens is 1. The molecule has 0 fully saturated rings. The van der Waals surface area contributed by atoms with Gasteiger partial charge in [0.25, 0.3) is 5.91 Å². The number of carbonyl (C=O) groups excluding carboxylic acids is 2. The van der Waals surface area contributed by atoms with E-state index in [9.17, 15) is 14.7 Å². The molecule has 26 heavy (non-hydrogen) atoms. The summed E-state index contributed by atoms with van der Waals surface area (Å²) in [5.74, 6) is -0.570. The predicted octanol–water partition coefficient (Wildman–Crippen LogP) is 4.10. The van der Waals surface area contributed by atoms with Gasteiger partial charge in [-0.3, -0.25) is 14.2 Å².